The lowest BCUT2D eigenvalue weighted by Crippen LogP contribution is -2.49. The fraction of sp³-hybridized carbons (Fsp3) is 0.533. The number of piperazine rings is 1. The van der Waals surface area contributed by atoms with Crippen molar-refractivity contribution < 1.29 is 9.53 Å². The molecule has 0 N–H and O–H groups in total. The number of carbonyl (C=O) groups is 1. The first-order valence-electron chi connectivity index (χ1n) is 6.92. The number of methoxy groups -OCH3 is 1. The molecule has 2 rings (SSSR count). The van der Waals surface area contributed by atoms with Gasteiger partial charge in [-0.15, -0.1) is 0 Å². The number of benzene rings is 1. The van der Waals surface area contributed by atoms with Gasteiger partial charge in [0.1, 0.15) is 5.75 Å². The summed E-state index contributed by atoms with van der Waals surface area (Å²) in [7, 11) is 1.64. The standard InChI is InChI=1S/C15H21BrN2O2/c1-20-14-5-3-2-4-13(14)12-15(19)18-10-8-17(7-6-16)9-11-18/h2-5H,6-12H2,1H3. The molecule has 1 heterocycles. The first kappa shape index (κ1) is 15.3. The lowest BCUT2D eigenvalue weighted by molar-refractivity contribution is -0.132. The summed E-state index contributed by atoms with van der Waals surface area (Å²) < 4.78 is 5.30. The predicted molar refractivity (Wildman–Crippen MR) is 83.5 cm³/mol. The Morgan fingerprint density at radius 1 is 1.25 bits per heavy atom. The van der Waals surface area contributed by atoms with E-state index in [1.165, 1.54) is 0 Å². The topological polar surface area (TPSA) is 32.8 Å². The van der Waals surface area contributed by atoms with Crippen molar-refractivity contribution in [2.24, 2.45) is 0 Å². The first-order chi connectivity index (χ1) is 9.74. The first-order valence-corrected chi connectivity index (χ1v) is 8.04. The van der Waals surface area contributed by atoms with Crippen LogP contribution in [0.15, 0.2) is 24.3 Å². The molecule has 5 heteroatoms. The van der Waals surface area contributed by atoms with E-state index in [2.05, 4.69) is 20.8 Å². The van der Waals surface area contributed by atoms with E-state index >= 15 is 0 Å². The van der Waals surface area contributed by atoms with Crippen LogP contribution in [0.2, 0.25) is 0 Å². The second kappa shape index (κ2) is 7.64. The molecular formula is C15H21BrN2O2. The van der Waals surface area contributed by atoms with Crippen molar-refractivity contribution in [2.45, 2.75) is 6.42 Å². The number of halogens is 1. The molecule has 1 amide bonds. The van der Waals surface area contributed by atoms with Gasteiger partial charge in [0.05, 0.1) is 13.5 Å². The second-order valence-electron chi connectivity index (χ2n) is 4.90. The molecule has 1 saturated heterocycles. The van der Waals surface area contributed by atoms with Crippen molar-refractivity contribution >= 4 is 21.8 Å². The van der Waals surface area contributed by atoms with E-state index in [0.29, 0.717) is 6.42 Å². The third-order valence-electron chi connectivity index (χ3n) is 3.66. The molecule has 110 valence electrons. The molecule has 1 fully saturated rings. The van der Waals surface area contributed by atoms with E-state index in [-0.39, 0.29) is 5.91 Å². The third kappa shape index (κ3) is 3.96. The highest BCUT2D eigenvalue weighted by Gasteiger charge is 2.21. The summed E-state index contributed by atoms with van der Waals surface area (Å²) in [5.41, 5.74) is 0.961. The molecule has 1 aliphatic heterocycles. The van der Waals surface area contributed by atoms with E-state index < -0.39 is 0 Å². The molecule has 0 bridgehead atoms. The minimum absolute atomic E-state index is 0.188. The van der Waals surface area contributed by atoms with E-state index in [4.69, 9.17) is 4.74 Å². The molecule has 0 saturated carbocycles. The van der Waals surface area contributed by atoms with Gasteiger partial charge in [-0.05, 0) is 6.07 Å². The lowest BCUT2D eigenvalue weighted by atomic mass is 10.1. The van der Waals surface area contributed by atoms with Gasteiger partial charge in [-0.25, -0.2) is 0 Å². The highest BCUT2D eigenvalue weighted by Crippen LogP contribution is 2.18. The van der Waals surface area contributed by atoms with Gasteiger partial charge >= 0.3 is 0 Å². The van der Waals surface area contributed by atoms with Gasteiger partial charge in [-0.3, -0.25) is 9.69 Å². The summed E-state index contributed by atoms with van der Waals surface area (Å²) in [6.45, 7) is 4.61. The average molecular weight is 341 g/mol. The number of nitrogens with zero attached hydrogens (tertiary/aromatic N) is 2. The third-order valence-corrected chi connectivity index (χ3v) is 4.01. The van der Waals surface area contributed by atoms with Gasteiger partial charge in [0.2, 0.25) is 5.91 Å². The number of amides is 1. The Morgan fingerprint density at radius 2 is 1.95 bits per heavy atom. The summed E-state index contributed by atoms with van der Waals surface area (Å²) in [5.74, 6) is 0.978. The van der Waals surface area contributed by atoms with Crippen LogP contribution in [0.1, 0.15) is 5.56 Å². The summed E-state index contributed by atoms with van der Waals surface area (Å²) in [4.78, 5) is 16.7. The van der Waals surface area contributed by atoms with Gasteiger partial charge in [-0.2, -0.15) is 0 Å². The Labute approximate surface area is 128 Å². The molecule has 1 aromatic carbocycles. The predicted octanol–water partition coefficient (Wildman–Crippen LogP) is 1.78. The number of alkyl halides is 1. The smallest absolute Gasteiger partial charge is 0.227 e. The fourth-order valence-electron chi connectivity index (χ4n) is 2.46. The van der Waals surface area contributed by atoms with E-state index in [1.54, 1.807) is 7.11 Å². The lowest BCUT2D eigenvalue weighted by Gasteiger charge is -2.34. The van der Waals surface area contributed by atoms with Crippen LogP contribution in [0.3, 0.4) is 0 Å². The summed E-state index contributed by atoms with van der Waals surface area (Å²) in [6, 6.07) is 7.72. The molecule has 0 radical (unpaired) electrons. The van der Waals surface area contributed by atoms with Crippen molar-refractivity contribution in [3.63, 3.8) is 0 Å². The molecule has 0 aliphatic carbocycles. The van der Waals surface area contributed by atoms with Crippen LogP contribution in [0, 0.1) is 0 Å². The Balaban J connectivity index is 1.89. The maximum Gasteiger partial charge on any atom is 0.227 e. The zero-order chi connectivity index (χ0) is 14.4. The normalized spacial score (nSPS) is 16.2. The summed E-state index contributed by atoms with van der Waals surface area (Å²) in [5, 5.41) is 0.988. The molecule has 1 aromatic rings. The van der Waals surface area contributed by atoms with Crippen LogP contribution >= 0.6 is 15.9 Å². The van der Waals surface area contributed by atoms with Crippen molar-refractivity contribution in [3.05, 3.63) is 29.8 Å². The van der Waals surface area contributed by atoms with Crippen LogP contribution in [-0.4, -0.2) is 60.9 Å². The SMILES string of the molecule is COc1ccccc1CC(=O)N1CCN(CCBr)CC1. The van der Waals surface area contributed by atoms with Gasteiger partial charge in [0.15, 0.2) is 0 Å². The van der Waals surface area contributed by atoms with Crippen LogP contribution in [-0.2, 0) is 11.2 Å². The zero-order valence-corrected chi connectivity index (χ0v) is 13.4. The van der Waals surface area contributed by atoms with E-state index in [9.17, 15) is 4.79 Å². The molecular weight excluding hydrogens is 320 g/mol. The Morgan fingerprint density at radius 3 is 2.60 bits per heavy atom. The Kier molecular flexibility index (Phi) is 5.86. The maximum absolute atomic E-state index is 12.3. The number of rotatable bonds is 5. The number of hydrogen-bond acceptors (Lipinski definition) is 3. The number of hydrogen-bond donors (Lipinski definition) is 0. The van der Waals surface area contributed by atoms with Gasteiger partial charge in [-0.1, -0.05) is 34.1 Å². The minimum atomic E-state index is 0.188. The second-order valence-corrected chi connectivity index (χ2v) is 5.69. The number of carbonyl (C=O) groups excluding carboxylic acids is 1. The molecule has 4 nitrogen and oxygen atoms in total. The summed E-state index contributed by atoms with van der Waals surface area (Å²) in [6.07, 6.45) is 0.419. The molecule has 0 unspecified atom stereocenters. The van der Waals surface area contributed by atoms with Crippen molar-refractivity contribution in [3.8, 4) is 5.75 Å². The Hall–Kier alpha value is -1.07. The Bertz CT molecular complexity index is 445. The van der Waals surface area contributed by atoms with Gasteiger partial charge in [0.25, 0.3) is 0 Å². The monoisotopic (exact) mass is 340 g/mol. The number of para-hydroxylation sites is 1. The van der Waals surface area contributed by atoms with E-state index in [1.807, 2.05) is 29.2 Å². The molecule has 1 aliphatic rings. The molecule has 0 atom stereocenters. The van der Waals surface area contributed by atoms with Gasteiger partial charge in [0, 0.05) is 43.6 Å². The van der Waals surface area contributed by atoms with Crippen molar-refractivity contribution in [1.82, 2.24) is 9.80 Å². The fourth-order valence-corrected chi connectivity index (χ4v) is 2.97. The van der Waals surface area contributed by atoms with Gasteiger partial charge < -0.3 is 9.64 Å². The molecule has 0 spiro atoms. The van der Waals surface area contributed by atoms with Crippen LogP contribution in [0.5, 0.6) is 5.75 Å². The minimum Gasteiger partial charge on any atom is -0.496 e. The average Bonchev–Trinajstić information content (AvgIpc) is 2.49. The summed E-state index contributed by atoms with van der Waals surface area (Å²) >= 11 is 3.45. The number of ether oxygens (including phenoxy) is 1. The quantitative estimate of drug-likeness (QED) is 0.766. The van der Waals surface area contributed by atoms with Crippen LogP contribution < -0.4 is 4.74 Å². The van der Waals surface area contributed by atoms with Crippen molar-refractivity contribution in [2.75, 3.05) is 45.2 Å². The van der Waals surface area contributed by atoms with Crippen LogP contribution in [0.4, 0.5) is 0 Å². The highest BCUT2D eigenvalue weighted by atomic mass is 79.9. The molecule has 0 aromatic heterocycles. The molecule has 20 heavy (non-hydrogen) atoms. The maximum atomic E-state index is 12.3. The van der Waals surface area contributed by atoms with E-state index in [0.717, 1.165) is 49.4 Å². The van der Waals surface area contributed by atoms with Crippen molar-refractivity contribution in [1.29, 1.82) is 0 Å². The highest BCUT2D eigenvalue weighted by molar-refractivity contribution is 9.09. The largest absolute Gasteiger partial charge is 0.496 e. The van der Waals surface area contributed by atoms with Crippen LogP contribution in [0.25, 0.3) is 0 Å². The zero-order valence-electron chi connectivity index (χ0n) is 11.8.